The number of nitrogens with one attached hydrogen (secondary N) is 1. The van der Waals surface area contributed by atoms with Crippen LogP contribution in [0.2, 0.25) is 0 Å². The van der Waals surface area contributed by atoms with Gasteiger partial charge in [0, 0.05) is 0 Å². The molecule has 1 aliphatic heterocycles. The standard InChI is InChI=1S/C16H22N2O5/c1-16(2,3)23-15(21)17-13-12(9-19)18(14(13)20)22-10-11-7-5-4-6-8-11/h4-8,12-13,19H,9-10H2,1-3H3,(H,17,21)/t12-,13-/m0/s1. The van der Waals surface area contributed by atoms with Crippen molar-refractivity contribution in [3.8, 4) is 0 Å². The first-order valence-electron chi connectivity index (χ1n) is 7.42. The zero-order valence-corrected chi connectivity index (χ0v) is 13.5. The van der Waals surface area contributed by atoms with Crippen molar-refractivity contribution < 1.29 is 24.3 Å². The first kappa shape index (κ1) is 17.2. The molecular formula is C16H22N2O5. The molecule has 23 heavy (non-hydrogen) atoms. The second kappa shape index (κ2) is 6.97. The molecule has 0 bridgehead atoms. The van der Waals surface area contributed by atoms with Gasteiger partial charge in [0.2, 0.25) is 0 Å². The molecule has 1 heterocycles. The van der Waals surface area contributed by atoms with Crippen LogP contribution in [0.3, 0.4) is 0 Å². The third kappa shape index (κ3) is 4.43. The van der Waals surface area contributed by atoms with Crippen LogP contribution in [0.1, 0.15) is 26.3 Å². The van der Waals surface area contributed by atoms with E-state index in [1.54, 1.807) is 20.8 Å². The van der Waals surface area contributed by atoms with Crippen LogP contribution in [0.4, 0.5) is 4.79 Å². The van der Waals surface area contributed by atoms with Crippen LogP contribution in [0.15, 0.2) is 30.3 Å². The Bertz CT molecular complexity index is 555. The summed E-state index contributed by atoms with van der Waals surface area (Å²) in [7, 11) is 0. The molecule has 2 N–H and O–H groups in total. The average Bonchev–Trinajstić information content (AvgIpc) is 2.48. The summed E-state index contributed by atoms with van der Waals surface area (Å²) >= 11 is 0. The predicted octanol–water partition coefficient (Wildman–Crippen LogP) is 1.21. The Balaban J connectivity index is 1.88. The molecule has 2 rings (SSSR count). The van der Waals surface area contributed by atoms with Crippen LogP contribution >= 0.6 is 0 Å². The van der Waals surface area contributed by atoms with Crippen LogP contribution in [-0.2, 0) is 21.0 Å². The van der Waals surface area contributed by atoms with Gasteiger partial charge in [0.1, 0.15) is 24.3 Å². The number of hydroxylamine groups is 2. The second-order valence-electron chi connectivity index (χ2n) is 6.30. The monoisotopic (exact) mass is 322 g/mol. The fourth-order valence-electron chi connectivity index (χ4n) is 2.17. The summed E-state index contributed by atoms with van der Waals surface area (Å²) in [6.45, 7) is 5.08. The summed E-state index contributed by atoms with van der Waals surface area (Å²) in [6.07, 6.45) is -0.697. The van der Waals surface area contributed by atoms with Crippen LogP contribution in [0.5, 0.6) is 0 Å². The first-order chi connectivity index (χ1) is 10.8. The van der Waals surface area contributed by atoms with Crippen molar-refractivity contribution in [2.75, 3.05) is 6.61 Å². The lowest BCUT2D eigenvalue weighted by atomic mass is 9.99. The zero-order chi connectivity index (χ0) is 17.0. The van der Waals surface area contributed by atoms with Crippen LogP contribution in [0.25, 0.3) is 0 Å². The van der Waals surface area contributed by atoms with Gasteiger partial charge < -0.3 is 15.2 Å². The Kier molecular flexibility index (Phi) is 5.23. The number of hydrogen-bond acceptors (Lipinski definition) is 5. The molecule has 1 aromatic rings. The van der Waals surface area contributed by atoms with Gasteiger partial charge in [-0.15, -0.1) is 0 Å². The Morgan fingerprint density at radius 2 is 1.96 bits per heavy atom. The Hall–Kier alpha value is -2.12. The van der Waals surface area contributed by atoms with E-state index >= 15 is 0 Å². The molecule has 126 valence electrons. The van der Waals surface area contributed by atoms with Gasteiger partial charge in [0.15, 0.2) is 0 Å². The number of aliphatic hydroxyl groups is 1. The molecule has 0 unspecified atom stereocenters. The number of alkyl carbamates (subject to hydrolysis) is 1. The molecule has 0 spiro atoms. The van der Waals surface area contributed by atoms with E-state index in [2.05, 4.69) is 5.32 Å². The number of amides is 2. The summed E-state index contributed by atoms with van der Waals surface area (Å²) in [5, 5.41) is 13.0. The van der Waals surface area contributed by atoms with Crippen LogP contribution in [0, 0.1) is 0 Å². The van der Waals surface area contributed by atoms with Crippen molar-refractivity contribution >= 4 is 12.0 Å². The van der Waals surface area contributed by atoms with Crippen molar-refractivity contribution in [2.45, 2.75) is 45.1 Å². The Morgan fingerprint density at radius 1 is 1.30 bits per heavy atom. The maximum atomic E-state index is 12.1. The predicted molar refractivity (Wildman–Crippen MR) is 82.1 cm³/mol. The minimum Gasteiger partial charge on any atom is -0.444 e. The fourth-order valence-corrected chi connectivity index (χ4v) is 2.17. The lowest BCUT2D eigenvalue weighted by molar-refractivity contribution is -0.244. The van der Waals surface area contributed by atoms with E-state index in [-0.39, 0.29) is 13.2 Å². The van der Waals surface area contributed by atoms with Gasteiger partial charge in [0.05, 0.1) is 6.61 Å². The van der Waals surface area contributed by atoms with E-state index in [0.29, 0.717) is 0 Å². The van der Waals surface area contributed by atoms with E-state index in [9.17, 15) is 14.7 Å². The summed E-state index contributed by atoms with van der Waals surface area (Å²) < 4.78 is 5.11. The van der Waals surface area contributed by atoms with Gasteiger partial charge in [-0.2, -0.15) is 0 Å². The topological polar surface area (TPSA) is 88.1 Å². The van der Waals surface area contributed by atoms with Crippen molar-refractivity contribution in [1.82, 2.24) is 10.4 Å². The normalized spacial score (nSPS) is 20.9. The van der Waals surface area contributed by atoms with Gasteiger partial charge in [-0.05, 0) is 26.3 Å². The van der Waals surface area contributed by atoms with Crippen molar-refractivity contribution in [2.24, 2.45) is 0 Å². The maximum absolute atomic E-state index is 12.1. The molecule has 7 nitrogen and oxygen atoms in total. The molecule has 7 heteroatoms. The molecule has 1 saturated heterocycles. The van der Waals surface area contributed by atoms with E-state index in [4.69, 9.17) is 9.57 Å². The second-order valence-corrected chi connectivity index (χ2v) is 6.30. The molecule has 1 aromatic carbocycles. The van der Waals surface area contributed by atoms with Gasteiger partial charge in [-0.1, -0.05) is 30.3 Å². The average molecular weight is 322 g/mol. The van der Waals surface area contributed by atoms with Gasteiger partial charge in [0.25, 0.3) is 5.91 Å². The number of aliphatic hydroxyl groups excluding tert-OH is 1. The summed E-state index contributed by atoms with van der Waals surface area (Å²) in [5.41, 5.74) is 0.246. The number of rotatable bonds is 5. The number of β-lactam (4-membered cyclic amide) rings is 1. The highest BCUT2D eigenvalue weighted by Gasteiger charge is 2.49. The van der Waals surface area contributed by atoms with Crippen molar-refractivity contribution in [3.63, 3.8) is 0 Å². The van der Waals surface area contributed by atoms with Crippen molar-refractivity contribution in [1.29, 1.82) is 0 Å². The van der Waals surface area contributed by atoms with Gasteiger partial charge in [-0.3, -0.25) is 9.63 Å². The van der Waals surface area contributed by atoms with Gasteiger partial charge >= 0.3 is 6.09 Å². The quantitative estimate of drug-likeness (QED) is 0.796. The van der Waals surface area contributed by atoms with Gasteiger partial charge in [-0.25, -0.2) is 9.86 Å². The molecule has 2 atom stereocenters. The minimum atomic E-state index is -0.842. The molecular weight excluding hydrogens is 300 g/mol. The third-order valence-electron chi connectivity index (χ3n) is 3.24. The number of carbonyl (C=O) groups excluding carboxylic acids is 2. The highest BCUT2D eigenvalue weighted by Crippen LogP contribution is 2.22. The summed E-state index contributed by atoms with van der Waals surface area (Å²) in [4.78, 5) is 29.2. The van der Waals surface area contributed by atoms with E-state index in [1.165, 1.54) is 0 Å². The number of carbonyl (C=O) groups is 2. The Morgan fingerprint density at radius 3 is 2.52 bits per heavy atom. The minimum absolute atomic E-state index is 0.211. The van der Waals surface area contributed by atoms with Crippen LogP contribution < -0.4 is 5.32 Å². The zero-order valence-electron chi connectivity index (χ0n) is 13.5. The molecule has 0 aromatic heterocycles. The SMILES string of the molecule is CC(C)(C)OC(=O)N[C@@H]1C(=O)N(OCc2ccccc2)[C@H]1CO. The lowest BCUT2D eigenvalue weighted by Crippen LogP contribution is -2.71. The van der Waals surface area contributed by atoms with E-state index < -0.39 is 29.7 Å². The molecule has 1 aliphatic rings. The molecule has 1 fully saturated rings. The fraction of sp³-hybridized carbons (Fsp3) is 0.500. The first-order valence-corrected chi connectivity index (χ1v) is 7.42. The maximum Gasteiger partial charge on any atom is 0.408 e. The molecule has 0 aliphatic carbocycles. The van der Waals surface area contributed by atoms with E-state index in [1.807, 2.05) is 30.3 Å². The molecule has 0 radical (unpaired) electrons. The number of nitrogens with zero attached hydrogens (tertiary/aromatic N) is 1. The van der Waals surface area contributed by atoms with E-state index in [0.717, 1.165) is 10.6 Å². The third-order valence-corrected chi connectivity index (χ3v) is 3.24. The highest BCUT2D eigenvalue weighted by atomic mass is 16.7. The number of benzene rings is 1. The molecule has 0 saturated carbocycles. The number of hydrogen-bond donors (Lipinski definition) is 2. The van der Waals surface area contributed by atoms with Crippen molar-refractivity contribution in [3.05, 3.63) is 35.9 Å². The lowest BCUT2D eigenvalue weighted by Gasteiger charge is -2.44. The highest BCUT2D eigenvalue weighted by molar-refractivity contribution is 5.91. The smallest absolute Gasteiger partial charge is 0.408 e. The van der Waals surface area contributed by atoms with Crippen LogP contribution in [-0.4, -0.2) is 46.5 Å². The Labute approximate surface area is 135 Å². The largest absolute Gasteiger partial charge is 0.444 e. The summed E-state index contributed by atoms with van der Waals surface area (Å²) in [6, 6.07) is 7.89. The molecule has 2 amide bonds. The number of ether oxygens (including phenoxy) is 1. The summed E-state index contributed by atoms with van der Waals surface area (Å²) in [5.74, 6) is -0.411.